The number of benzene rings is 1. The number of hydrogen-bond acceptors (Lipinski definition) is 4. The lowest BCUT2D eigenvalue weighted by Crippen LogP contribution is -2.01. The van der Waals surface area contributed by atoms with Crippen molar-refractivity contribution in [3.05, 3.63) is 42.5 Å². The van der Waals surface area contributed by atoms with Crippen LogP contribution in [0.15, 0.2) is 52.4 Å². The Balaban J connectivity index is 2.14. The van der Waals surface area contributed by atoms with Crippen molar-refractivity contribution in [2.45, 2.75) is 23.3 Å². The van der Waals surface area contributed by atoms with Gasteiger partial charge in [-0.25, -0.2) is 4.98 Å². The second-order valence-electron chi connectivity index (χ2n) is 4.04. The standard InChI is InChI=1S/C15H18N2OS/c1-3-11-16-14-9-6-10-15(17-14)19-13-8-5-4-7-12(13)18-2/h4-10H,3,11H2,1-2H3,(H,16,17). The van der Waals surface area contributed by atoms with Crippen LogP contribution in [0, 0.1) is 0 Å². The lowest BCUT2D eigenvalue weighted by molar-refractivity contribution is 0.405. The molecule has 2 aromatic rings. The Labute approximate surface area is 118 Å². The van der Waals surface area contributed by atoms with Gasteiger partial charge in [0.05, 0.1) is 12.0 Å². The molecule has 1 heterocycles. The van der Waals surface area contributed by atoms with Crippen LogP contribution < -0.4 is 10.1 Å². The molecule has 4 heteroatoms. The molecule has 2 rings (SSSR count). The molecule has 100 valence electrons. The molecule has 19 heavy (non-hydrogen) atoms. The summed E-state index contributed by atoms with van der Waals surface area (Å²) in [7, 11) is 1.69. The summed E-state index contributed by atoms with van der Waals surface area (Å²) in [5.41, 5.74) is 0. The fourth-order valence-electron chi connectivity index (χ4n) is 1.64. The van der Waals surface area contributed by atoms with Gasteiger partial charge in [0.1, 0.15) is 16.6 Å². The second kappa shape index (κ2) is 7.04. The Morgan fingerprint density at radius 1 is 1.16 bits per heavy atom. The first-order valence-corrected chi connectivity index (χ1v) is 7.17. The molecule has 1 N–H and O–H groups in total. The summed E-state index contributed by atoms with van der Waals surface area (Å²) in [5, 5.41) is 4.26. The van der Waals surface area contributed by atoms with Crippen LogP contribution in [0.3, 0.4) is 0 Å². The third kappa shape index (κ3) is 3.89. The first-order chi connectivity index (χ1) is 9.33. The van der Waals surface area contributed by atoms with Crippen molar-refractivity contribution >= 4 is 17.6 Å². The van der Waals surface area contributed by atoms with Crippen molar-refractivity contribution in [2.75, 3.05) is 19.0 Å². The van der Waals surface area contributed by atoms with E-state index in [0.29, 0.717) is 0 Å². The number of hydrogen-bond donors (Lipinski definition) is 1. The van der Waals surface area contributed by atoms with Crippen LogP contribution in [0.1, 0.15) is 13.3 Å². The van der Waals surface area contributed by atoms with Crippen LogP contribution in [-0.2, 0) is 0 Å². The molecule has 0 amide bonds. The highest BCUT2D eigenvalue weighted by atomic mass is 32.2. The van der Waals surface area contributed by atoms with E-state index < -0.39 is 0 Å². The van der Waals surface area contributed by atoms with Gasteiger partial charge in [-0.15, -0.1) is 0 Å². The molecule has 1 aromatic heterocycles. The van der Waals surface area contributed by atoms with Crippen LogP contribution >= 0.6 is 11.8 Å². The van der Waals surface area contributed by atoms with Crippen LogP contribution in [0.5, 0.6) is 5.75 Å². The van der Waals surface area contributed by atoms with Crippen molar-refractivity contribution in [3.63, 3.8) is 0 Å². The van der Waals surface area contributed by atoms with E-state index >= 15 is 0 Å². The highest BCUT2D eigenvalue weighted by Crippen LogP contribution is 2.33. The van der Waals surface area contributed by atoms with E-state index in [2.05, 4.69) is 17.2 Å². The number of nitrogens with zero attached hydrogens (tertiary/aromatic N) is 1. The molecular formula is C15H18N2OS. The van der Waals surface area contributed by atoms with Crippen LogP contribution in [-0.4, -0.2) is 18.6 Å². The molecule has 0 radical (unpaired) electrons. The van der Waals surface area contributed by atoms with Crippen molar-refractivity contribution in [1.29, 1.82) is 0 Å². The van der Waals surface area contributed by atoms with Gasteiger partial charge in [0.2, 0.25) is 0 Å². The molecule has 0 aliphatic rings. The van der Waals surface area contributed by atoms with Gasteiger partial charge < -0.3 is 10.1 Å². The lowest BCUT2D eigenvalue weighted by Gasteiger charge is -2.08. The molecule has 0 bridgehead atoms. The summed E-state index contributed by atoms with van der Waals surface area (Å²) in [4.78, 5) is 5.65. The molecule has 0 aliphatic carbocycles. The zero-order chi connectivity index (χ0) is 13.5. The molecule has 3 nitrogen and oxygen atoms in total. The number of methoxy groups -OCH3 is 1. The van der Waals surface area contributed by atoms with E-state index in [9.17, 15) is 0 Å². The number of aromatic nitrogens is 1. The SMILES string of the molecule is CCCNc1cccc(Sc2ccccc2OC)n1. The van der Waals surface area contributed by atoms with Crippen molar-refractivity contribution < 1.29 is 4.74 Å². The summed E-state index contributed by atoms with van der Waals surface area (Å²) >= 11 is 1.61. The number of rotatable bonds is 6. The molecule has 0 saturated heterocycles. The van der Waals surface area contributed by atoms with Crippen molar-refractivity contribution in [1.82, 2.24) is 4.98 Å². The topological polar surface area (TPSA) is 34.1 Å². The first-order valence-electron chi connectivity index (χ1n) is 6.35. The molecule has 0 fully saturated rings. The summed E-state index contributed by atoms with van der Waals surface area (Å²) in [6.45, 7) is 3.08. The van der Waals surface area contributed by atoms with E-state index in [-0.39, 0.29) is 0 Å². The molecule has 0 aliphatic heterocycles. The Morgan fingerprint density at radius 3 is 2.79 bits per heavy atom. The Kier molecular flexibility index (Phi) is 5.10. The van der Waals surface area contributed by atoms with Gasteiger partial charge in [-0.1, -0.05) is 36.9 Å². The third-order valence-electron chi connectivity index (χ3n) is 2.56. The van der Waals surface area contributed by atoms with Gasteiger partial charge in [-0.3, -0.25) is 0 Å². The van der Waals surface area contributed by atoms with Crippen molar-refractivity contribution in [2.24, 2.45) is 0 Å². The monoisotopic (exact) mass is 274 g/mol. The highest BCUT2D eigenvalue weighted by molar-refractivity contribution is 7.99. The summed E-state index contributed by atoms with van der Waals surface area (Å²) < 4.78 is 5.35. The largest absolute Gasteiger partial charge is 0.496 e. The second-order valence-corrected chi connectivity index (χ2v) is 5.10. The zero-order valence-electron chi connectivity index (χ0n) is 11.2. The average Bonchev–Trinajstić information content (AvgIpc) is 2.46. The fraction of sp³-hybridized carbons (Fsp3) is 0.267. The van der Waals surface area contributed by atoms with E-state index in [1.165, 1.54) is 0 Å². The maximum atomic E-state index is 5.35. The number of pyridine rings is 1. The van der Waals surface area contributed by atoms with Gasteiger partial charge in [-0.05, 0) is 30.7 Å². The number of ether oxygens (including phenoxy) is 1. The predicted molar refractivity (Wildman–Crippen MR) is 80.1 cm³/mol. The minimum Gasteiger partial charge on any atom is -0.496 e. The molecular weight excluding hydrogens is 256 g/mol. The van der Waals surface area contributed by atoms with Gasteiger partial charge >= 0.3 is 0 Å². The summed E-state index contributed by atoms with van der Waals surface area (Å²) in [5.74, 6) is 1.79. The molecule has 0 saturated carbocycles. The highest BCUT2D eigenvalue weighted by Gasteiger charge is 2.05. The van der Waals surface area contributed by atoms with E-state index in [4.69, 9.17) is 4.74 Å². The Bertz CT molecular complexity index is 531. The average molecular weight is 274 g/mol. The first kappa shape index (κ1) is 13.7. The zero-order valence-corrected chi connectivity index (χ0v) is 12.0. The minimum atomic E-state index is 0.876. The van der Waals surface area contributed by atoms with E-state index in [0.717, 1.165) is 34.5 Å². The predicted octanol–water partition coefficient (Wildman–Crippen LogP) is 4.06. The van der Waals surface area contributed by atoms with Gasteiger partial charge in [0.25, 0.3) is 0 Å². The fourth-order valence-corrected chi connectivity index (χ4v) is 2.55. The molecule has 0 spiro atoms. The van der Waals surface area contributed by atoms with Crippen LogP contribution in [0.4, 0.5) is 5.82 Å². The van der Waals surface area contributed by atoms with Gasteiger partial charge in [0.15, 0.2) is 0 Å². The molecule has 1 aromatic carbocycles. The van der Waals surface area contributed by atoms with E-state index in [1.807, 2.05) is 42.5 Å². The summed E-state index contributed by atoms with van der Waals surface area (Å²) in [6, 6.07) is 14.0. The third-order valence-corrected chi connectivity index (χ3v) is 3.56. The molecule has 0 unspecified atom stereocenters. The maximum Gasteiger partial charge on any atom is 0.132 e. The lowest BCUT2D eigenvalue weighted by atomic mass is 10.3. The van der Waals surface area contributed by atoms with Crippen molar-refractivity contribution in [3.8, 4) is 5.75 Å². The minimum absolute atomic E-state index is 0.876. The Hall–Kier alpha value is -1.68. The van der Waals surface area contributed by atoms with E-state index in [1.54, 1.807) is 18.9 Å². The van der Waals surface area contributed by atoms with Gasteiger partial charge in [-0.2, -0.15) is 0 Å². The van der Waals surface area contributed by atoms with Gasteiger partial charge in [0, 0.05) is 6.54 Å². The smallest absolute Gasteiger partial charge is 0.132 e. The maximum absolute atomic E-state index is 5.35. The summed E-state index contributed by atoms with van der Waals surface area (Å²) in [6.07, 6.45) is 1.09. The quantitative estimate of drug-likeness (QED) is 0.861. The number of anilines is 1. The normalized spacial score (nSPS) is 10.2. The Morgan fingerprint density at radius 2 is 2.00 bits per heavy atom. The van der Waals surface area contributed by atoms with Crippen LogP contribution in [0.25, 0.3) is 0 Å². The molecule has 0 atom stereocenters. The van der Waals surface area contributed by atoms with Crippen LogP contribution in [0.2, 0.25) is 0 Å². The number of nitrogens with one attached hydrogen (secondary N) is 1. The number of para-hydroxylation sites is 1.